The van der Waals surface area contributed by atoms with Gasteiger partial charge in [-0.05, 0) is 24.2 Å². The largest absolute Gasteiger partial charge is 0.477 e. The number of nitrogens with one attached hydrogen (secondary N) is 1. The lowest BCUT2D eigenvalue weighted by Crippen LogP contribution is -2.14. The standard InChI is InChI=1S/C16H13N5O2S/c1-2-23-15-12(24-8-17)10(9-6-4-3-5-7-9)11-13(18)19-16(22)21-14(11)20-15/h3-7H,2H2,1H3,(H3,18,19,20,21,22). The molecule has 0 saturated heterocycles. The molecule has 7 nitrogen and oxygen atoms in total. The Kier molecular flexibility index (Phi) is 4.35. The average molecular weight is 339 g/mol. The van der Waals surface area contributed by atoms with Crippen LogP contribution >= 0.6 is 11.8 Å². The first-order chi connectivity index (χ1) is 11.7. The zero-order valence-electron chi connectivity index (χ0n) is 12.7. The van der Waals surface area contributed by atoms with Crippen LogP contribution in [0.3, 0.4) is 0 Å². The minimum atomic E-state index is -0.588. The van der Waals surface area contributed by atoms with Crippen molar-refractivity contribution >= 4 is 28.6 Å². The van der Waals surface area contributed by atoms with Crippen LogP contribution in [0.5, 0.6) is 5.88 Å². The second-order valence-corrected chi connectivity index (χ2v) is 5.56. The molecular weight excluding hydrogens is 326 g/mol. The molecule has 120 valence electrons. The maximum absolute atomic E-state index is 11.6. The molecule has 3 N–H and O–H groups in total. The topological polar surface area (TPSA) is 118 Å². The predicted octanol–water partition coefficient (Wildman–Crippen LogP) is 2.54. The fourth-order valence-corrected chi connectivity index (χ4v) is 3.03. The third-order valence-electron chi connectivity index (χ3n) is 3.31. The third kappa shape index (κ3) is 2.77. The lowest BCUT2D eigenvalue weighted by molar-refractivity contribution is 0.320. The van der Waals surface area contributed by atoms with Gasteiger partial charge >= 0.3 is 5.69 Å². The zero-order chi connectivity index (χ0) is 17.1. The normalized spacial score (nSPS) is 10.5. The summed E-state index contributed by atoms with van der Waals surface area (Å²) in [5, 5.41) is 11.7. The summed E-state index contributed by atoms with van der Waals surface area (Å²) in [4.78, 5) is 22.8. The number of hydrogen-bond donors (Lipinski definition) is 2. The number of ether oxygens (including phenoxy) is 1. The molecule has 0 aliphatic heterocycles. The van der Waals surface area contributed by atoms with E-state index in [1.165, 1.54) is 0 Å². The van der Waals surface area contributed by atoms with Gasteiger partial charge in [0.05, 0.1) is 16.9 Å². The molecule has 3 rings (SSSR count). The number of nitrogens with zero attached hydrogens (tertiary/aromatic N) is 3. The summed E-state index contributed by atoms with van der Waals surface area (Å²) in [5.41, 5.74) is 7.10. The summed E-state index contributed by atoms with van der Waals surface area (Å²) in [6, 6.07) is 9.40. The predicted molar refractivity (Wildman–Crippen MR) is 92.6 cm³/mol. The lowest BCUT2D eigenvalue weighted by atomic mass is 10.0. The Labute approximate surface area is 141 Å². The number of hydrogen-bond acceptors (Lipinski definition) is 7. The number of thioether (sulfide) groups is 1. The van der Waals surface area contributed by atoms with Crippen molar-refractivity contribution in [2.24, 2.45) is 0 Å². The second-order valence-electron chi connectivity index (χ2n) is 4.77. The number of aromatic amines is 1. The SMILES string of the molecule is CCOc1nc2nc(=O)[nH]c(N)c2c(-c2ccccc2)c1SC#N. The number of rotatable bonds is 4. The van der Waals surface area contributed by atoms with Gasteiger partial charge in [0.1, 0.15) is 11.2 Å². The Morgan fingerprint density at radius 3 is 2.75 bits per heavy atom. The van der Waals surface area contributed by atoms with Crippen LogP contribution in [0.25, 0.3) is 22.2 Å². The van der Waals surface area contributed by atoms with Crippen LogP contribution in [-0.2, 0) is 0 Å². The molecule has 0 bridgehead atoms. The first-order valence-electron chi connectivity index (χ1n) is 7.13. The number of fused-ring (bicyclic) bond motifs is 1. The van der Waals surface area contributed by atoms with Gasteiger partial charge in [-0.1, -0.05) is 30.3 Å². The van der Waals surface area contributed by atoms with Gasteiger partial charge in [0.2, 0.25) is 5.88 Å². The van der Waals surface area contributed by atoms with Crippen LogP contribution in [0.4, 0.5) is 5.82 Å². The van der Waals surface area contributed by atoms with Gasteiger partial charge in [-0.25, -0.2) is 4.79 Å². The van der Waals surface area contributed by atoms with Gasteiger partial charge in [-0.3, -0.25) is 4.98 Å². The average Bonchev–Trinajstić information content (AvgIpc) is 2.56. The Balaban J connectivity index is 2.49. The summed E-state index contributed by atoms with van der Waals surface area (Å²) < 4.78 is 5.56. The molecule has 3 aromatic rings. The zero-order valence-corrected chi connectivity index (χ0v) is 13.6. The molecule has 0 spiro atoms. The highest BCUT2D eigenvalue weighted by Crippen LogP contribution is 2.42. The summed E-state index contributed by atoms with van der Waals surface area (Å²) in [6.45, 7) is 2.18. The Bertz CT molecular complexity index is 995. The van der Waals surface area contributed by atoms with Gasteiger partial charge < -0.3 is 10.5 Å². The van der Waals surface area contributed by atoms with Gasteiger partial charge in [-0.15, -0.1) is 0 Å². The summed E-state index contributed by atoms with van der Waals surface area (Å²) in [5.74, 6) is 0.409. The number of nitrogen functional groups attached to an aromatic ring is 1. The van der Waals surface area contributed by atoms with E-state index in [0.717, 1.165) is 17.3 Å². The summed E-state index contributed by atoms with van der Waals surface area (Å²) in [7, 11) is 0. The Morgan fingerprint density at radius 2 is 2.08 bits per heavy atom. The first kappa shape index (κ1) is 15.8. The van der Waals surface area contributed by atoms with Crippen LogP contribution < -0.4 is 16.2 Å². The smallest absolute Gasteiger partial charge is 0.348 e. The van der Waals surface area contributed by atoms with Crippen LogP contribution in [-0.4, -0.2) is 21.6 Å². The van der Waals surface area contributed by atoms with Gasteiger partial charge in [-0.2, -0.15) is 15.2 Å². The quantitative estimate of drug-likeness (QED) is 0.554. The van der Waals surface area contributed by atoms with E-state index in [2.05, 4.69) is 20.4 Å². The van der Waals surface area contributed by atoms with Gasteiger partial charge in [0, 0.05) is 5.56 Å². The van der Waals surface area contributed by atoms with Crippen molar-refractivity contribution in [3.05, 3.63) is 40.8 Å². The van der Waals surface area contributed by atoms with E-state index in [1.807, 2.05) is 37.3 Å². The number of nitriles is 1. The van der Waals surface area contributed by atoms with Crippen molar-refractivity contribution in [1.82, 2.24) is 15.0 Å². The third-order valence-corrected chi connectivity index (χ3v) is 3.99. The fourth-order valence-electron chi connectivity index (χ4n) is 2.43. The Hall–Kier alpha value is -3.05. The van der Waals surface area contributed by atoms with Crippen molar-refractivity contribution in [3.8, 4) is 22.4 Å². The number of pyridine rings is 1. The van der Waals surface area contributed by atoms with Gasteiger partial charge in [0.25, 0.3) is 0 Å². The minimum absolute atomic E-state index is 0.152. The molecule has 0 fully saturated rings. The lowest BCUT2D eigenvalue weighted by Gasteiger charge is -2.15. The number of anilines is 1. The number of aromatic nitrogens is 3. The Morgan fingerprint density at radius 1 is 1.33 bits per heavy atom. The molecule has 8 heteroatoms. The molecule has 2 heterocycles. The fraction of sp³-hybridized carbons (Fsp3) is 0.125. The van der Waals surface area contributed by atoms with E-state index in [1.54, 1.807) is 0 Å². The second kappa shape index (κ2) is 6.60. The maximum Gasteiger partial charge on any atom is 0.348 e. The maximum atomic E-state index is 11.6. The highest BCUT2D eigenvalue weighted by atomic mass is 32.2. The molecular formula is C16H13N5O2S. The van der Waals surface area contributed by atoms with Gasteiger partial charge in [0.15, 0.2) is 5.65 Å². The van der Waals surface area contributed by atoms with Crippen molar-refractivity contribution < 1.29 is 4.74 Å². The highest BCUT2D eigenvalue weighted by Gasteiger charge is 2.21. The molecule has 0 atom stereocenters. The first-order valence-corrected chi connectivity index (χ1v) is 7.95. The molecule has 0 aliphatic rings. The molecule has 0 amide bonds. The molecule has 0 aliphatic carbocycles. The van der Waals surface area contributed by atoms with E-state index in [-0.39, 0.29) is 17.3 Å². The molecule has 0 unspecified atom stereocenters. The van der Waals surface area contributed by atoms with E-state index >= 15 is 0 Å². The van der Waals surface area contributed by atoms with E-state index in [9.17, 15) is 10.1 Å². The van der Waals surface area contributed by atoms with Crippen molar-refractivity contribution in [2.45, 2.75) is 11.8 Å². The van der Waals surface area contributed by atoms with Crippen molar-refractivity contribution in [2.75, 3.05) is 12.3 Å². The van der Waals surface area contributed by atoms with Crippen molar-refractivity contribution in [1.29, 1.82) is 5.26 Å². The summed E-state index contributed by atoms with van der Waals surface area (Å²) in [6.07, 6.45) is 0. The number of thiocyanates is 1. The molecule has 24 heavy (non-hydrogen) atoms. The number of benzene rings is 1. The summed E-state index contributed by atoms with van der Waals surface area (Å²) >= 11 is 0.934. The highest BCUT2D eigenvalue weighted by molar-refractivity contribution is 8.04. The molecule has 0 radical (unpaired) electrons. The molecule has 0 saturated carbocycles. The van der Waals surface area contributed by atoms with Crippen LogP contribution in [0.15, 0.2) is 40.0 Å². The van der Waals surface area contributed by atoms with Crippen LogP contribution in [0.1, 0.15) is 6.92 Å². The molecule has 1 aromatic carbocycles. The minimum Gasteiger partial charge on any atom is -0.477 e. The van der Waals surface area contributed by atoms with E-state index in [4.69, 9.17) is 10.5 Å². The van der Waals surface area contributed by atoms with Crippen molar-refractivity contribution in [3.63, 3.8) is 0 Å². The number of H-pyrrole nitrogens is 1. The van der Waals surface area contributed by atoms with E-state index < -0.39 is 5.69 Å². The number of nitrogens with two attached hydrogens (primary N) is 1. The van der Waals surface area contributed by atoms with Crippen LogP contribution in [0, 0.1) is 10.7 Å². The monoisotopic (exact) mass is 339 g/mol. The van der Waals surface area contributed by atoms with Crippen LogP contribution in [0.2, 0.25) is 0 Å². The molecule has 2 aromatic heterocycles. The van der Waals surface area contributed by atoms with E-state index in [0.29, 0.717) is 22.5 Å².